The van der Waals surface area contributed by atoms with Gasteiger partial charge in [0.1, 0.15) is 17.3 Å². The molecule has 0 radical (unpaired) electrons. The molecule has 5 rings (SSSR count). The van der Waals surface area contributed by atoms with Crippen molar-refractivity contribution in [3.8, 4) is 11.5 Å². The molecule has 3 N–H and O–H groups in total. The van der Waals surface area contributed by atoms with E-state index in [9.17, 15) is 8.42 Å². The number of hydrogen-bond donors (Lipinski definition) is 3. The van der Waals surface area contributed by atoms with Crippen molar-refractivity contribution in [3.05, 3.63) is 94.7 Å². The maximum Gasteiger partial charge on any atom is 0.261 e. The lowest BCUT2D eigenvalue weighted by Gasteiger charge is -2.29. The summed E-state index contributed by atoms with van der Waals surface area (Å²) in [5, 5.41) is 12.4. The second-order valence-electron chi connectivity index (χ2n) is 7.61. The van der Waals surface area contributed by atoms with Crippen molar-refractivity contribution < 1.29 is 17.6 Å². The zero-order chi connectivity index (χ0) is 24.6. The molecule has 1 aliphatic rings. The maximum atomic E-state index is 12.9. The second-order valence-corrected chi connectivity index (χ2v) is 10.2. The summed E-state index contributed by atoms with van der Waals surface area (Å²) in [5.74, 6) is 1.73. The lowest BCUT2D eigenvalue weighted by atomic mass is 10.2. The standard InChI is InChI=1S/C24H18Cl2N4O4S/c25-15-11-16(26)13-20(12-15)34-19-5-7-21(8-6-19)35(31,32)29-17-1-3-18(4-2-17)30-14-28-24-22(23(30)27)9-10-33-24/h1-13,27-29H,14H2. The van der Waals surface area contributed by atoms with Crippen LogP contribution in [0.3, 0.4) is 0 Å². The normalized spacial score (nSPS) is 13.2. The van der Waals surface area contributed by atoms with E-state index in [1.165, 1.54) is 18.4 Å². The Morgan fingerprint density at radius 1 is 0.943 bits per heavy atom. The number of nitrogens with zero attached hydrogens (tertiary/aromatic N) is 1. The summed E-state index contributed by atoms with van der Waals surface area (Å²) >= 11 is 12.0. The Balaban J connectivity index is 1.27. The van der Waals surface area contributed by atoms with Crippen LogP contribution in [0.4, 0.5) is 17.3 Å². The average Bonchev–Trinajstić information content (AvgIpc) is 3.29. The number of amidine groups is 1. The molecule has 3 aromatic carbocycles. The minimum Gasteiger partial charge on any atom is -0.457 e. The number of anilines is 3. The summed E-state index contributed by atoms with van der Waals surface area (Å²) in [6, 6.07) is 19.3. The van der Waals surface area contributed by atoms with E-state index in [0.29, 0.717) is 51.2 Å². The Hall–Kier alpha value is -3.66. The van der Waals surface area contributed by atoms with Crippen LogP contribution in [-0.4, -0.2) is 20.9 Å². The highest BCUT2D eigenvalue weighted by Crippen LogP contribution is 2.30. The van der Waals surface area contributed by atoms with Crippen LogP contribution in [0.1, 0.15) is 5.56 Å². The van der Waals surface area contributed by atoms with Crippen LogP contribution in [0.25, 0.3) is 0 Å². The molecule has 2 heterocycles. The Morgan fingerprint density at radius 2 is 1.63 bits per heavy atom. The third-order valence-corrected chi connectivity index (χ3v) is 7.06. The number of sulfonamides is 1. The quantitative estimate of drug-likeness (QED) is 0.267. The van der Waals surface area contributed by atoms with Gasteiger partial charge in [-0.25, -0.2) is 8.42 Å². The number of benzene rings is 3. The van der Waals surface area contributed by atoms with Crippen LogP contribution < -0.4 is 19.7 Å². The van der Waals surface area contributed by atoms with Crippen molar-refractivity contribution in [1.29, 1.82) is 5.41 Å². The molecule has 178 valence electrons. The number of furan rings is 1. The van der Waals surface area contributed by atoms with E-state index in [2.05, 4.69) is 10.0 Å². The molecule has 0 saturated heterocycles. The van der Waals surface area contributed by atoms with E-state index in [1.807, 2.05) is 0 Å². The highest BCUT2D eigenvalue weighted by atomic mass is 35.5. The Kier molecular flexibility index (Phi) is 6.06. The zero-order valence-corrected chi connectivity index (χ0v) is 20.3. The molecule has 0 saturated carbocycles. The highest BCUT2D eigenvalue weighted by Gasteiger charge is 2.24. The van der Waals surface area contributed by atoms with Crippen LogP contribution in [0.15, 0.2) is 88.4 Å². The third-order valence-electron chi connectivity index (χ3n) is 5.22. The number of rotatable bonds is 6. The van der Waals surface area contributed by atoms with Gasteiger partial charge in [-0.3, -0.25) is 10.1 Å². The van der Waals surface area contributed by atoms with Gasteiger partial charge in [-0.05, 0) is 72.8 Å². The van der Waals surface area contributed by atoms with E-state index >= 15 is 0 Å². The van der Waals surface area contributed by atoms with Crippen molar-refractivity contribution in [3.63, 3.8) is 0 Å². The fourth-order valence-electron chi connectivity index (χ4n) is 3.56. The summed E-state index contributed by atoms with van der Waals surface area (Å²) in [6.45, 7) is 0.361. The molecule has 0 atom stereocenters. The van der Waals surface area contributed by atoms with Gasteiger partial charge in [-0.2, -0.15) is 0 Å². The second kappa shape index (κ2) is 9.18. The maximum absolute atomic E-state index is 12.9. The van der Waals surface area contributed by atoms with Crippen molar-refractivity contribution in [1.82, 2.24) is 0 Å². The van der Waals surface area contributed by atoms with Crippen molar-refractivity contribution in [2.24, 2.45) is 0 Å². The molecule has 1 aliphatic heterocycles. The van der Waals surface area contributed by atoms with E-state index in [4.69, 9.17) is 37.8 Å². The van der Waals surface area contributed by atoms with Gasteiger partial charge in [0.2, 0.25) is 5.88 Å². The van der Waals surface area contributed by atoms with Gasteiger partial charge in [-0.15, -0.1) is 0 Å². The van der Waals surface area contributed by atoms with Crippen LogP contribution in [0, 0.1) is 5.41 Å². The summed E-state index contributed by atoms with van der Waals surface area (Å²) in [7, 11) is -3.83. The molecule has 35 heavy (non-hydrogen) atoms. The van der Waals surface area contributed by atoms with Crippen LogP contribution in [-0.2, 0) is 10.0 Å². The third kappa shape index (κ3) is 4.93. The first-order valence-electron chi connectivity index (χ1n) is 10.3. The molecule has 0 spiro atoms. The fourth-order valence-corrected chi connectivity index (χ4v) is 5.13. The predicted molar refractivity (Wildman–Crippen MR) is 137 cm³/mol. The largest absolute Gasteiger partial charge is 0.457 e. The van der Waals surface area contributed by atoms with Crippen LogP contribution >= 0.6 is 23.2 Å². The molecule has 8 nitrogen and oxygen atoms in total. The number of halogens is 2. The minimum atomic E-state index is -3.83. The molecular formula is C24H18Cl2N4O4S. The van der Waals surface area contributed by atoms with Crippen LogP contribution in [0.5, 0.6) is 11.5 Å². The van der Waals surface area contributed by atoms with Gasteiger partial charge in [0.25, 0.3) is 10.0 Å². The Labute approximate surface area is 211 Å². The summed E-state index contributed by atoms with van der Waals surface area (Å²) in [6.07, 6.45) is 1.53. The number of nitrogens with one attached hydrogen (secondary N) is 3. The number of fused-ring (bicyclic) bond motifs is 1. The zero-order valence-electron chi connectivity index (χ0n) is 18.0. The van der Waals surface area contributed by atoms with Gasteiger partial charge >= 0.3 is 0 Å². The predicted octanol–water partition coefficient (Wildman–Crippen LogP) is 6.39. The molecule has 0 aliphatic carbocycles. The first-order valence-corrected chi connectivity index (χ1v) is 12.6. The lowest BCUT2D eigenvalue weighted by molar-refractivity contribution is 0.482. The lowest BCUT2D eigenvalue weighted by Crippen LogP contribution is -2.39. The monoisotopic (exact) mass is 528 g/mol. The molecule has 1 aromatic heterocycles. The van der Waals surface area contributed by atoms with Crippen LogP contribution in [0.2, 0.25) is 10.0 Å². The smallest absolute Gasteiger partial charge is 0.261 e. The summed E-state index contributed by atoms with van der Waals surface area (Å²) in [5.41, 5.74) is 1.79. The summed E-state index contributed by atoms with van der Waals surface area (Å²) < 4.78 is 39.3. The average molecular weight is 529 g/mol. The van der Waals surface area contributed by atoms with E-state index in [-0.39, 0.29) is 4.90 Å². The van der Waals surface area contributed by atoms with Crippen molar-refractivity contribution >= 4 is 56.3 Å². The highest BCUT2D eigenvalue weighted by molar-refractivity contribution is 7.92. The van der Waals surface area contributed by atoms with Crippen molar-refractivity contribution in [2.45, 2.75) is 4.90 Å². The van der Waals surface area contributed by atoms with E-state index in [1.54, 1.807) is 65.6 Å². The summed E-state index contributed by atoms with van der Waals surface area (Å²) in [4.78, 5) is 1.83. The van der Waals surface area contributed by atoms with E-state index < -0.39 is 10.0 Å². The first kappa shape index (κ1) is 23.1. The minimum absolute atomic E-state index is 0.0764. The molecule has 0 amide bonds. The number of hydrogen-bond acceptors (Lipinski definition) is 6. The van der Waals surface area contributed by atoms with Gasteiger partial charge in [0, 0.05) is 21.4 Å². The van der Waals surface area contributed by atoms with Gasteiger partial charge in [-0.1, -0.05) is 23.2 Å². The fraction of sp³-hybridized carbons (Fsp3) is 0.0417. The van der Waals surface area contributed by atoms with E-state index in [0.717, 1.165) is 5.69 Å². The molecule has 0 bridgehead atoms. The SMILES string of the molecule is N=C1c2ccoc2NCN1c1ccc(NS(=O)(=O)c2ccc(Oc3cc(Cl)cc(Cl)c3)cc2)cc1. The van der Waals surface area contributed by atoms with Gasteiger partial charge in [0.15, 0.2) is 0 Å². The molecule has 4 aromatic rings. The van der Waals surface area contributed by atoms with Gasteiger partial charge in [0.05, 0.1) is 23.4 Å². The molecule has 11 heteroatoms. The molecule has 0 unspecified atom stereocenters. The topological polar surface area (TPSA) is 108 Å². The Bertz CT molecular complexity index is 1480. The number of ether oxygens (including phenoxy) is 1. The Morgan fingerprint density at radius 3 is 2.31 bits per heavy atom. The first-order chi connectivity index (χ1) is 16.8. The van der Waals surface area contributed by atoms with Gasteiger partial charge < -0.3 is 19.4 Å². The van der Waals surface area contributed by atoms with Crippen molar-refractivity contribution in [2.75, 3.05) is 21.6 Å². The molecule has 0 fully saturated rings. The molecular weight excluding hydrogens is 511 g/mol.